The molecule has 114 valence electrons. The monoisotopic (exact) mass is 286 g/mol. The SMILES string of the molecule is CC/C=C(/C)C(=O)Nc1ccc(N2CCC(C)CC2)cc1. The van der Waals surface area contributed by atoms with Gasteiger partial charge in [0.25, 0.3) is 5.91 Å². The summed E-state index contributed by atoms with van der Waals surface area (Å²) in [7, 11) is 0. The molecule has 1 aliphatic heterocycles. The molecule has 3 heteroatoms. The van der Waals surface area contributed by atoms with Crippen LogP contribution < -0.4 is 10.2 Å². The van der Waals surface area contributed by atoms with E-state index in [0.29, 0.717) is 0 Å². The lowest BCUT2D eigenvalue weighted by Crippen LogP contribution is -2.32. The van der Waals surface area contributed by atoms with Crippen LogP contribution >= 0.6 is 0 Å². The number of nitrogens with zero attached hydrogens (tertiary/aromatic N) is 1. The van der Waals surface area contributed by atoms with Crippen molar-refractivity contribution in [1.29, 1.82) is 0 Å². The number of hydrogen-bond acceptors (Lipinski definition) is 2. The molecule has 0 radical (unpaired) electrons. The average Bonchev–Trinajstić information content (AvgIpc) is 2.49. The van der Waals surface area contributed by atoms with Gasteiger partial charge in [0.15, 0.2) is 0 Å². The van der Waals surface area contributed by atoms with Crippen LogP contribution in [0.1, 0.15) is 40.0 Å². The van der Waals surface area contributed by atoms with E-state index in [1.807, 2.05) is 32.1 Å². The second-order valence-electron chi connectivity index (χ2n) is 5.97. The fraction of sp³-hybridized carbons (Fsp3) is 0.500. The van der Waals surface area contributed by atoms with Crippen molar-refractivity contribution >= 4 is 17.3 Å². The van der Waals surface area contributed by atoms with E-state index in [0.717, 1.165) is 36.7 Å². The van der Waals surface area contributed by atoms with Crippen LogP contribution in [0.5, 0.6) is 0 Å². The Labute approximate surface area is 128 Å². The van der Waals surface area contributed by atoms with Crippen LogP contribution in [0.15, 0.2) is 35.9 Å². The smallest absolute Gasteiger partial charge is 0.250 e. The molecule has 1 saturated heterocycles. The molecule has 0 saturated carbocycles. The molecule has 21 heavy (non-hydrogen) atoms. The van der Waals surface area contributed by atoms with Gasteiger partial charge >= 0.3 is 0 Å². The number of piperidine rings is 1. The van der Waals surface area contributed by atoms with Crippen molar-refractivity contribution < 1.29 is 4.79 Å². The highest BCUT2D eigenvalue weighted by Gasteiger charge is 2.15. The fourth-order valence-corrected chi connectivity index (χ4v) is 2.65. The summed E-state index contributed by atoms with van der Waals surface area (Å²) in [6.07, 6.45) is 5.35. The normalized spacial score (nSPS) is 16.9. The van der Waals surface area contributed by atoms with Crippen molar-refractivity contribution in [3.8, 4) is 0 Å². The molecule has 0 bridgehead atoms. The van der Waals surface area contributed by atoms with E-state index in [4.69, 9.17) is 0 Å². The number of allylic oxidation sites excluding steroid dienone is 1. The van der Waals surface area contributed by atoms with Crippen LogP contribution in [0, 0.1) is 5.92 Å². The van der Waals surface area contributed by atoms with Gasteiger partial charge in [-0.1, -0.05) is 19.9 Å². The number of anilines is 2. The van der Waals surface area contributed by atoms with Crippen molar-refractivity contribution in [2.24, 2.45) is 5.92 Å². The predicted molar refractivity (Wildman–Crippen MR) is 89.7 cm³/mol. The van der Waals surface area contributed by atoms with Gasteiger partial charge in [-0.05, 0) is 56.4 Å². The van der Waals surface area contributed by atoms with Gasteiger partial charge in [0.05, 0.1) is 0 Å². The van der Waals surface area contributed by atoms with Gasteiger partial charge in [0.2, 0.25) is 0 Å². The maximum absolute atomic E-state index is 11.9. The van der Waals surface area contributed by atoms with E-state index in [9.17, 15) is 4.79 Å². The number of nitrogens with one attached hydrogen (secondary N) is 1. The van der Waals surface area contributed by atoms with E-state index in [2.05, 4.69) is 29.3 Å². The zero-order valence-corrected chi connectivity index (χ0v) is 13.4. The van der Waals surface area contributed by atoms with Crippen LogP contribution in [-0.2, 0) is 4.79 Å². The summed E-state index contributed by atoms with van der Waals surface area (Å²) in [6.45, 7) is 8.46. The molecule has 0 unspecified atom stereocenters. The first-order valence-electron chi connectivity index (χ1n) is 7.93. The number of amides is 1. The Kier molecular flexibility index (Phi) is 5.43. The van der Waals surface area contributed by atoms with Gasteiger partial charge in [-0.3, -0.25) is 4.79 Å². The molecule has 0 atom stereocenters. The van der Waals surface area contributed by atoms with E-state index in [1.165, 1.54) is 18.5 Å². The van der Waals surface area contributed by atoms with Crippen molar-refractivity contribution in [3.05, 3.63) is 35.9 Å². The molecule has 0 aromatic heterocycles. The molecule has 1 heterocycles. The van der Waals surface area contributed by atoms with E-state index < -0.39 is 0 Å². The molecule has 1 N–H and O–H groups in total. The van der Waals surface area contributed by atoms with Crippen molar-refractivity contribution in [2.75, 3.05) is 23.3 Å². The Morgan fingerprint density at radius 2 is 1.90 bits per heavy atom. The van der Waals surface area contributed by atoms with Gasteiger partial charge in [-0.25, -0.2) is 0 Å². The van der Waals surface area contributed by atoms with Crippen LogP contribution in [0.4, 0.5) is 11.4 Å². The van der Waals surface area contributed by atoms with Crippen molar-refractivity contribution in [2.45, 2.75) is 40.0 Å². The minimum absolute atomic E-state index is 0.0172. The van der Waals surface area contributed by atoms with Crippen molar-refractivity contribution in [1.82, 2.24) is 0 Å². The summed E-state index contributed by atoms with van der Waals surface area (Å²) in [6, 6.07) is 8.18. The van der Waals surface area contributed by atoms with Crippen LogP contribution in [0.2, 0.25) is 0 Å². The third-order valence-electron chi connectivity index (χ3n) is 4.14. The highest BCUT2D eigenvalue weighted by atomic mass is 16.1. The molecule has 0 spiro atoms. The predicted octanol–water partition coefficient (Wildman–Crippen LogP) is 4.22. The lowest BCUT2D eigenvalue weighted by atomic mass is 9.99. The summed E-state index contributed by atoms with van der Waals surface area (Å²) < 4.78 is 0. The molecule has 1 aromatic carbocycles. The molecular formula is C18H26N2O. The summed E-state index contributed by atoms with van der Waals surface area (Å²) in [4.78, 5) is 14.4. The van der Waals surface area contributed by atoms with Gasteiger partial charge < -0.3 is 10.2 Å². The van der Waals surface area contributed by atoms with Gasteiger partial charge in [0, 0.05) is 30.0 Å². The summed E-state index contributed by atoms with van der Waals surface area (Å²) >= 11 is 0. The molecule has 1 aliphatic rings. The Bertz CT molecular complexity index is 496. The molecule has 1 aromatic rings. The topological polar surface area (TPSA) is 32.3 Å². The van der Waals surface area contributed by atoms with Crippen LogP contribution in [0.3, 0.4) is 0 Å². The second kappa shape index (κ2) is 7.30. The molecule has 3 nitrogen and oxygen atoms in total. The summed E-state index contributed by atoms with van der Waals surface area (Å²) in [5, 5.41) is 2.94. The largest absolute Gasteiger partial charge is 0.372 e. The first-order valence-corrected chi connectivity index (χ1v) is 7.93. The van der Waals surface area contributed by atoms with Crippen LogP contribution in [0.25, 0.3) is 0 Å². The summed E-state index contributed by atoms with van der Waals surface area (Å²) in [5.41, 5.74) is 2.88. The summed E-state index contributed by atoms with van der Waals surface area (Å²) in [5.74, 6) is 0.824. The molecule has 1 fully saturated rings. The molecule has 2 rings (SSSR count). The van der Waals surface area contributed by atoms with E-state index in [-0.39, 0.29) is 5.91 Å². The lowest BCUT2D eigenvalue weighted by Gasteiger charge is -2.32. The highest BCUT2D eigenvalue weighted by molar-refractivity contribution is 6.03. The Balaban J connectivity index is 1.96. The van der Waals surface area contributed by atoms with Gasteiger partial charge in [0.1, 0.15) is 0 Å². The first-order chi connectivity index (χ1) is 10.1. The number of hydrogen-bond donors (Lipinski definition) is 1. The highest BCUT2D eigenvalue weighted by Crippen LogP contribution is 2.24. The number of carbonyl (C=O) groups excluding carboxylic acids is 1. The number of rotatable bonds is 4. The zero-order chi connectivity index (χ0) is 15.2. The fourth-order valence-electron chi connectivity index (χ4n) is 2.65. The van der Waals surface area contributed by atoms with Gasteiger partial charge in [-0.2, -0.15) is 0 Å². The van der Waals surface area contributed by atoms with Crippen LogP contribution in [-0.4, -0.2) is 19.0 Å². The Morgan fingerprint density at radius 3 is 2.48 bits per heavy atom. The minimum atomic E-state index is -0.0172. The lowest BCUT2D eigenvalue weighted by molar-refractivity contribution is -0.112. The maximum Gasteiger partial charge on any atom is 0.250 e. The minimum Gasteiger partial charge on any atom is -0.372 e. The average molecular weight is 286 g/mol. The zero-order valence-electron chi connectivity index (χ0n) is 13.4. The quantitative estimate of drug-likeness (QED) is 0.841. The number of benzene rings is 1. The molecule has 0 aliphatic carbocycles. The Morgan fingerprint density at radius 1 is 1.29 bits per heavy atom. The van der Waals surface area contributed by atoms with E-state index >= 15 is 0 Å². The standard InChI is InChI=1S/C18H26N2O/c1-4-5-15(3)18(21)19-16-6-8-17(9-7-16)20-12-10-14(2)11-13-20/h5-9,14H,4,10-13H2,1-3H3,(H,19,21)/b15-5-. The van der Waals surface area contributed by atoms with E-state index in [1.54, 1.807) is 0 Å². The molecular weight excluding hydrogens is 260 g/mol. The maximum atomic E-state index is 11.9. The third-order valence-corrected chi connectivity index (χ3v) is 4.14. The van der Waals surface area contributed by atoms with Crippen molar-refractivity contribution in [3.63, 3.8) is 0 Å². The van der Waals surface area contributed by atoms with Gasteiger partial charge in [-0.15, -0.1) is 0 Å². The second-order valence-corrected chi connectivity index (χ2v) is 5.97. The Hall–Kier alpha value is -1.77. The molecule has 1 amide bonds. The first kappa shape index (κ1) is 15.6. The third kappa shape index (κ3) is 4.35. The number of carbonyl (C=O) groups is 1.